The molecule has 0 saturated carbocycles. The Morgan fingerprint density at radius 3 is 1.27 bits per heavy atom. The molecule has 0 radical (unpaired) electrons. The van der Waals surface area contributed by atoms with Crippen molar-refractivity contribution in [3.63, 3.8) is 0 Å². The van der Waals surface area contributed by atoms with Gasteiger partial charge < -0.3 is 0 Å². The fourth-order valence-electron chi connectivity index (χ4n) is 10.4. The van der Waals surface area contributed by atoms with E-state index < -0.39 is 0 Å². The molecule has 0 bridgehead atoms. The summed E-state index contributed by atoms with van der Waals surface area (Å²) < 4.78 is 0. The molecule has 0 saturated heterocycles. The van der Waals surface area contributed by atoms with Gasteiger partial charge in [-0.15, -0.1) is 0 Å². The van der Waals surface area contributed by atoms with Crippen LogP contribution >= 0.6 is 0 Å². The van der Waals surface area contributed by atoms with Gasteiger partial charge in [0, 0.05) is 5.41 Å². The minimum absolute atomic E-state index is 0.0360. The third-order valence-electron chi connectivity index (χ3n) is 13.2. The van der Waals surface area contributed by atoms with Crippen LogP contribution in [0.5, 0.6) is 0 Å². The lowest BCUT2D eigenvalue weighted by molar-refractivity contribution is 0.213. The van der Waals surface area contributed by atoms with Gasteiger partial charge in [0.25, 0.3) is 0 Å². The highest BCUT2D eigenvalue weighted by Gasteiger charge is 2.50. The molecule has 0 spiro atoms. The van der Waals surface area contributed by atoms with E-state index in [4.69, 9.17) is 0 Å². The lowest BCUT2D eigenvalue weighted by Gasteiger charge is -2.44. The van der Waals surface area contributed by atoms with E-state index in [0.29, 0.717) is 0 Å². The van der Waals surface area contributed by atoms with E-state index in [2.05, 4.69) is 222 Å². The molecule has 0 heteroatoms. The second-order valence-electron chi connectivity index (χ2n) is 17.5. The Bertz CT molecular complexity index is 2870. The second kappa shape index (κ2) is 14.7. The lowest BCUT2D eigenvalue weighted by atomic mass is 9.58. The Kier molecular flexibility index (Phi) is 9.18. The summed E-state index contributed by atoms with van der Waals surface area (Å²) in [5.41, 5.74) is 18.2. The van der Waals surface area contributed by atoms with E-state index in [9.17, 15) is 0 Å². The van der Waals surface area contributed by atoms with Gasteiger partial charge >= 0.3 is 0 Å². The van der Waals surface area contributed by atoms with Crippen molar-refractivity contribution >= 4 is 21.5 Å². The van der Waals surface area contributed by atoms with Crippen molar-refractivity contribution in [1.29, 1.82) is 0 Å². The minimum atomic E-state index is -0.0687. The number of fused-ring (bicyclic) bond motifs is 5. The predicted molar refractivity (Wildman–Crippen MR) is 254 cm³/mol. The first-order valence-corrected chi connectivity index (χ1v) is 21.4. The van der Waals surface area contributed by atoms with Gasteiger partial charge in [-0.1, -0.05) is 210 Å². The number of hydrogen-bond donors (Lipinski definition) is 0. The van der Waals surface area contributed by atoms with Gasteiger partial charge in [0.15, 0.2) is 0 Å². The summed E-state index contributed by atoms with van der Waals surface area (Å²) in [4.78, 5) is 0. The Hall–Kier alpha value is -6.50. The maximum Gasteiger partial charge on any atom is 0.0263 e. The molecule has 1 aliphatic rings. The zero-order chi connectivity index (χ0) is 40.1. The van der Waals surface area contributed by atoms with Gasteiger partial charge in [-0.2, -0.15) is 0 Å². The molecule has 1 aliphatic carbocycles. The minimum Gasteiger partial charge on any atom is -0.0654 e. The Morgan fingerprint density at radius 1 is 0.356 bits per heavy atom. The first-order valence-electron chi connectivity index (χ1n) is 21.4. The second-order valence-corrected chi connectivity index (χ2v) is 17.5. The highest BCUT2D eigenvalue weighted by Crippen LogP contribution is 2.60. The van der Waals surface area contributed by atoms with Crippen molar-refractivity contribution in [2.45, 2.75) is 52.4 Å². The molecule has 0 aromatic heterocycles. The smallest absolute Gasteiger partial charge is 0.0263 e. The summed E-state index contributed by atoms with van der Waals surface area (Å²) >= 11 is 0. The molecule has 0 amide bonds. The van der Waals surface area contributed by atoms with Crippen LogP contribution < -0.4 is 0 Å². The quantitative estimate of drug-likeness (QED) is 0.135. The summed E-state index contributed by atoms with van der Waals surface area (Å²) in [6, 6.07) is 72.5. The van der Waals surface area contributed by atoms with Crippen molar-refractivity contribution in [1.82, 2.24) is 0 Å². The average molecular weight is 759 g/mol. The first-order chi connectivity index (χ1) is 28.9. The monoisotopic (exact) mass is 758 g/mol. The van der Waals surface area contributed by atoms with Crippen molar-refractivity contribution in [2.24, 2.45) is 5.41 Å². The molecule has 0 N–H and O–H groups in total. The van der Waals surface area contributed by atoms with E-state index >= 15 is 0 Å². The molecular weight excluding hydrogens is 709 g/mol. The first kappa shape index (κ1) is 36.8. The van der Waals surface area contributed by atoms with Crippen LogP contribution in [0.2, 0.25) is 0 Å². The van der Waals surface area contributed by atoms with Crippen LogP contribution in [0.3, 0.4) is 0 Å². The van der Waals surface area contributed by atoms with Crippen LogP contribution in [-0.4, -0.2) is 0 Å². The number of unbranched alkanes of at least 4 members (excludes halogenated alkanes) is 1. The number of rotatable bonds is 8. The molecule has 9 aromatic carbocycles. The maximum atomic E-state index is 2.58. The molecule has 1 atom stereocenters. The van der Waals surface area contributed by atoms with E-state index in [0.717, 1.165) is 6.42 Å². The summed E-state index contributed by atoms with van der Waals surface area (Å²) in [5.74, 6) is 0. The van der Waals surface area contributed by atoms with Crippen molar-refractivity contribution in [3.8, 4) is 66.8 Å². The summed E-state index contributed by atoms with van der Waals surface area (Å²) in [7, 11) is 0. The summed E-state index contributed by atoms with van der Waals surface area (Å²) in [6.45, 7) is 9.68. The van der Waals surface area contributed by atoms with E-state index in [-0.39, 0.29) is 10.8 Å². The molecule has 59 heavy (non-hydrogen) atoms. The molecule has 0 heterocycles. The molecule has 9 aromatic rings. The van der Waals surface area contributed by atoms with Crippen molar-refractivity contribution in [2.75, 3.05) is 0 Å². The van der Waals surface area contributed by atoms with Gasteiger partial charge in [-0.3, -0.25) is 0 Å². The standard InChI is InChI=1S/C59H50/c1-5-6-35-59(58(2,3)4)54-28-18-17-23-48(54)49-34-33-44(39-55(49)59)57-52-26-15-13-24-50(52)56(51-25-14-16-27-53(51)57)43-31-29-42(30-32-43)47-37-45(40-19-9-7-10-20-40)36-46(38-47)41-21-11-8-12-22-41/h7-34,36-39H,5-6,35H2,1-4H3. The van der Waals surface area contributed by atoms with Gasteiger partial charge in [0.05, 0.1) is 0 Å². The zero-order valence-corrected chi connectivity index (χ0v) is 34.6. The van der Waals surface area contributed by atoms with Crippen LogP contribution in [-0.2, 0) is 5.41 Å². The lowest BCUT2D eigenvalue weighted by Crippen LogP contribution is -2.39. The van der Waals surface area contributed by atoms with Crippen molar-refractivity contribution in [3.05, 3.63) is 205 Å². The molecule has 0 nitrogen and oxygen atoms in total. The van der Waals surface area contributed by atoms with Gasteiger partial charge in [-0.25, -0.2) is 0 Å². The fraction of sp³-hybridized carbons (Fsp3) is 0.153. The highest BCUT2D eigenvalue weighted by atomic mass is 14.5. The molecule has 0 aliphatic heterocycles. The van der Waals surface area contributed by atoms with Gasteiger partial charge in [-0.05, 0) is 136 Å². The average Bonchev–Trinajstić information content (AvgIpc) is 3.58. The summed E-state index contributed by atoms with van der Waals surface area (Å²) in [6.07, 6.45) is 3.52. The van der Waals surface area contributed by atoms with Crippen LogP contribution in [0.1, 0.15) is 58.1 Å². The van der Waals surface area contributed by atoms with E-state index in [1.54, 1.807) is 0 Å². The predicted octanol–water partition coefficient (Wildman–Crippen LogP) is 16.8. The molecule has 0 fully saturated rings. The van der Waals surface area contributed by atoms with E-state index in [1.165, 1.54) is 112 Å². The van der Waals surface area contributed by atoms with Crippen LogP contribution in [0, 0.1) is 5.41 Å². The topological polar surface area (TPSA) is 0 Å². The van der Waals surface area contributed by atoms with Gasteiger partial charge in [0.2, 0.25) is 0 Å². The van der Waals surface area contributed by atoms with Crippen LogP contribution in [0.4, 0.5) is 0 Å². The Labute approximate surface area is 349 Å². The Morgan fingerprint density at radius 2 is 0.763 bits per heavy atom. The normalized spacial score (nSPS) is 14.7. The number of hydrogen-bond acceptors (Lipinski definition) is 0. The summed E-state index contributed by atoms with van der Waals surface area (Å²) in [5, 5.41) is 5.14. The maximum absolute atomic E-state index is 2.58. The third kappa shape index (κ3) is 6.13. The van der Waals surface area contributed by atoms with Crippen LogP contribution in [0.15, 0.2) is 194 Å². The number of benzene rings is 9. The SMILES string of the molecule is CCCCC1(C(C)(C)C)c2ccccc2-c2ccc(-c3c4ccccc4c(-c4ccc(-c5cc(-c6ccccc6)cc(-c6ccccc6)c5)cc4)c4ccccc34)cc21. The molecule has 1 unspecified atom stereocenters. The molecular formula is C59H50. The zero-order valence-electron chi connectivity index (χ0n) is 34.6. The third-order valence-corrected chi connectivity index (χ3v) is 13.2. The van der Waals surface area contributed by atoms with Gasteiger partial charge in [0.1, 0.15) is 0 Å². The van der Waals surface area contributed by atoms with Crippen molar-refractivity contribution < 1.29 is 0 Å². The molecule has 10 rings (SSSR count). The van der Waals surface area contributed by atoms with Crippen LogP contribution in [0.25, 0.3) is 88.3 Å². The highest BCUT2D eigenvalue weighted by molar-refractivity contribution is 6.21. The Balaban J connectivity index is 1.13. The largest absolute Gasteiger partial charge is 0.0654 e. The fourth-order valence-corrected chi connectivity index (χ4v) is 10.4. The van der Waals surface area contributed by atoms with E-state index in [1.807, 2.05) is 0 Å². The molecule has 286 valence electrons.